The molecule has 1 aliphatic rings. The van der Waals surface area contributed by atoms with E-state index in [0.29, 0.717) is 25.4 Å². The molecule has 1 aliphatic heterocycles. The van der Waals surface area contributed by atoms with Crippen LogP contribution in [0.1, 0.15) is 17.2 Å². The number of para-hydroxylation sites is 1. The van der Waals surface area contributed by atoms with Crippen molar-refractivity contribution in [3.8, 4) is 5.75 Å². The van der Waals surface area contributed by atoms with Crippen molar-refractivity contribution in [2.45, 2.75) is 19.4 Å². The zero-order chi connectivity index (χ0) is 12.4. The zero-order valence-corrected chi connectivity index (χ0v) is 10.0. The second-order valence-electron chi connectivity index (χ2n) is 4.35. The van der Waals surface area contributed by atoms with Crippen LogP contribution in [0, 0.1) is 0 Å². The largest absolute Gasteiger partial charge is 0.508 e. The molecule has 1 N–H and O–H groups in total. The van der Waals surface area contributed by atoms with Crippen LogP contribution in [0.25, 0.3) is 0 Å². The topological polar surface area (TPSA) is 60.2 Å². The van der Waals surface area contributed by atoms with Crippen molar-refractivity contribution in [3.05, 3.63) is 41.5 Å². The van der Waals surface area contributed by atoms with Crippen LogP contribution in [0.5, 0.6) is 5.75 Å². The molecule has 0 atom stereocenters. The molecule has 0 radical (unpaired) electrons. The first-order valence-corrected chi connectivity index (χ1v) is 6.10. The number of fused-ring (bicyclic) bond motifs is 1. The molecule has 0 unspecified atom stereocenters. The lowest BCUT2D eigenvalue weighted by Crippen LogP contribution is -2.09. The van der Waals surface area contributed by atoms with Gasteiger partial charge in [0.25, 0.3) is 0 Å². The fourth-order valence-corrected chi connectivity index (χ4v) is 2.20. The number of rotatable bonds is 2. The Labute approximate surface area is 105 Å². The van der Waals surface area contributed by atoms with Gasteiger partial charge in [-0.1, -0.05) is 18.2 Å². The second kappa shape index (κ2) is 4.78. The molecule has 2 heterocycles. The number of hydrogen-bond acceptors (Lipinski definition) is 4. The van der Waals surface area contributed by atoms with Gasteiger partial charge >= 0.3 is 0 Å². The van der Waals surface area contributed by atoms with Crippen LogP contribution in [0.3, 0.4) is 0 Å². The lowest BCUT2D eigenvalue weighted by Gasteiger charge is -2.07. The Morgan fingerprint density at radius 2 is 2.11 bits per heavy atom. The Hall–Kier alpha value is -1.88. The molecule has 5 nitrogen and oxygen atoms in total. The van der Waals surface area contributed by atoms with Crippen molar-refractivity contribution in [3.63, 3.8) is 0 Å². The summed E-state index contributed by atoms with van der Waals surface area (Å²) in [5, 5.41) is 18.2. The molecule has 2 aromatic rings. The normalized spacial score (nSPS) is 15.1. The van der Waals surface area contributed by atoms with Gasteiger partial charge in [0.1, 0.15) is 17.4 Å². The molecule has 0 spiro atoms. The molecular formula is C13H15N3O2. The number of phenolic OH excluding ortho intramolecular Hbond substituents is 1. The first-order chi connectivity index (χ1) is 8.84. The van der Waals surface area contributed by atoms with Crippen LogP contribution in [-0.2, 0) is 24.1 Å². The maximum absolute atomic E-state index is 9.79. The number of ether oxygens (including phenoxy) is 1. The van der Waals surface area contributed by atoms with E-state index in [1.54, 1.807) is 6.07 Å². The van der Waals surface area contributed by atoms with Crippen LogP contribution in [0.4, 0.5) is 0 Å². The zero-order valence-electron chi connectivity index (χ0n) is 10.0. The molecule has 1 aromatic heterocycles. The van der Waals surface area contributed by atoms with E-state index in [-0.39, 0.29) is 0 Å². The summed E-state index contributed by atoms with van der Waals surface area (Å²) >= 11 is 0. The summed E-state index contributed by atoms with van der Waals surface area (Å²) in [5.41, 5.74) is 0.873. The predicted octanol–water partition coefficient (Wildman–Crippen LogP) is 1.15. The van der Waals surface area contributed by atoms with Crippen molar-refractivity contribution in [2.75, 3.05) is 13.2 Å². The molecule has 1 aromatic carbocycles. The first kappa shape index (κ1) is 11.2. The Morgan fingerprint density at radius 1 is 1.22 bits per heavy atom. The maximum Gasteiger partial charge on any atom is 0.137 e. The number of aromatic nitrogens is 3. The molecule has 0 bridgehead atoms. The van der Waals surface area contributed by atoms with Gasteiger partial charge in [0.05, 0.1) is 13.2 Å². The van der Waals surface area contributed by atoms with E-state index in [9.17, 15) is 5.11 Å². The number of phenols is 1. The van der Waals surface area contributed by atoms with Crippen molar-refractivity contribution < 1.29 is 9.84 Å². The molecule has 0 fully saturated rings. The number of aromatic hydroxyl groups is 1. The second-order valence-corrected chi connectivity index (χ2v) is 4.35. The molecule has 0 aliphatic carbocycles. The smallest absolute Gasteiger partial charge is 0.137 e. The van der Waals surface area contributed by atoms with Gasteiger partial charge in [-0.25, -0.2) is 0 Å². The van der Waals surface area contributed by atoms with Crippen LogP contribution in [0.15, 0.2) is 24.3 Å². The standard InChI is InChI=1S/C13H15N3O2/c17-11-4-2-1-3-10(11)9-13-15-14-12-5-7-18-8-6-16(12)13/h1-4,17H,5-9H2. The minimum Gasteiger partial charge on any atom is -0.508 e. The van der Waals surface area contributed by atoms with Gasteiger partial charge in [0.2, 0.25) is 0 Å². The van der Waals surface area contributed by atoms with Crippen molar-refractivity contribution in [2.24, 2.45) is 0 Å². The van der Waals surface area contributed by atoms with E-state index in [1.165, 1.54) is 0 Å². The van der Waals surface area contributed by atoms with E-state index >= 15 is 0 Å². The average molecular weight is 245 g/mol. The Morgan fingerprint density at radius 3 is 3.00 bits per heavy atom. The minimum atomic E-state index is 0.305. The summed E-state index contributed by atoms with van der Waals surface area (Å²) in [6, 6.07) is 7.33. The van der Waals surface area contributed by atoms with Gasteiger partial charge in [-0.2, -0.15) is 0 Å². The van der Waals surface area contributed by atoms with Gasteiger partial charge in [-0.3, -0.25) is 0 Å². The summed E-state index contributed by atoms with van der Waals surface area (Å²) in [7, 11) is 0. The quantitative estimate of drug-likeness (QED) is 0.862. The first-order valence-electron chi connectivity index (χ1n) is 6.10. The highest BCUT2D eigenvalue weighted by atomic mass is 16.5. The van der Waals surface area contributed by atoms with E-state index in [4.69, 9.17) is 4.74 Å². The summed E-state index contributed by atoms with van der Waals surface area (Å²) in [6.45, 7) is 2.18. The third kappa shape index (κ3) is 2.09. The molecule has 94 valence electrons. The van der Waals surface area contributed by atoms with Crippen molar-refractivity contribution >= 4 is 0 Å². The number of benzene rings is 1. The van der Waals surface area contributed by atoms with Crippen molar-refractivity contribution in [1.82, 2.24) is 14.8 Å². The van der Waals surface area contributed by atoms with Crippen LogP contribution < -0.4 is 0 Å². The SMILES string of the molecule is Oc1ccccc1Cc1nnc2n1CCOCC2. The Balaban J connectivity index is 1.89. The summed E-state index contributed by atoms with van der Waals surface area (Å²) < 4.78 is 7.52. The van der Waals surface area contributed by atoms with E-state index in [0.717, 1.165) is 30.2 Å². The molecule has 18 heavy (non-hydrogen) atoms. The number of hydrogen-bond donors (Lipinski definition) is 1. The van der Waals surface area contributed by atoms with Crippen LogP contribution in [-0.4, -0.2) is 33.1 Å². The van der Waals surface area contributed by atoms with Crippen LogP contribution in [0.2, 0.25) is 0 Å². The van der Waals surface area contributed by atoms with Gasteiger partial charge in [0, 0.05) is 24.9 Å². The molecule has 0 saturated heterocycles. The molecule has 0 saturated carbocycles. The predicted molar refractivity (Wildman–Crippen MR) is 65.5 cm³/mol. The monoisotopic (exact) mass is 245 g/mol. The molecule has 3 rings (SSSR count). The van der Waals surface area contributed by atoms with Crippen LogP contribution >= 0.6 is 0 Å². The average Bonchev–Trinajstić information content (AvgIpc) is 2.62. The van der Waals surface area contributed by atoms with Gasteiger partial charge in [0.15, 0.2) is 0 Å². The lowest BCUT2D eigenvalue weighted by molar-refractivity contribution is 0.139. The highest BCUT2D eigenvalue weighted by molar-refractivity contribution is 5.34. The van der Waals surface area contributed by atoms with E-state index in [1.807, 2.05) is 18.2 Å². The Kier molecular flexibility index (Phi) is 2.98. The third-order valence-electron chi connectivity index (χ3n) is 3.17. The van der Waals surface area contributed by atoms with E-state index < -0.39 is 0 Å². The van der Waals surface area contributed by atoms with Crippen molar-refractivity contribution in [1.29, 1.82) is 0 Å². The van der Waals surface area contributed by atoms with Gasteiger partial charge < -0.3 is 14.4 Å². The lowest BCUT2D eigenvalue weighted by atomic mass is 10.1. The highest BCUT2D eigenvalue weighted by Crippen LogP contribution is 2.19. The summed E-state index contributed by atoms with van der Waals surface area (Å²) in [4.78, 5) is 0. The van der Waals surface area contributed by atoms with E-state index in [2.05, 4.69) is 14.8 Å². The third-order valence-corrected chi connectivity index (χ3v) is 3.17. The van der Waals surface area contributed by atoms with Gasteiger partial charge in [-0.15, -0.1) is 10.2 Å². The molecule has 5 heteroatoms. The fraction of sp³-hybridized carbons (Fsp3) is 0.385. The fourth-order valence-electron chi connectivity index (χ4n) is 2.20. The maximum atomic E-state index is 9.79. The highest BCUT2D eigenvalue weighted by Gasteiger charge is 2.15. The Bertz CT molecular complexity index is 551. The molecular weight excluding hydrogens is 230 g/mol. The molecule has 0 amide bonds. The summed E-state index contributed by atoms with van der Waals surface area (Å²) in [5.74, 6) is 2.16. The summed E-state index contributed by atoms with van der Waals surface area (Å²) in [6.07, 6.45) is 1.40. The van der Waals surface area contributed by atoms with Gasteiger partial charge in [-0.05, 0) is 6.07 Å². The number of nitrogens with zero attached hydrogens (tertiary/aromatic N) is 3. The minimum absolute atomic E-state index is 0.305.